The third kappa shape index (κ3) is 5.93. The van der Waals surface area contributed by atoms with E-state index in [0.717, 1.165) is 63.1 Å². The predicted molar refractivity (Wildman–Crippen MR) is 119 cm³/mol. The average Bonchev–Trinajstić information content (AvgIpc) is 3.18. The fourth-order valence-electron chi connectivity index (χ4n) is 4.17. The van der Waals surface area contributed by atoms with Crippen molar-refractivity contribution in [3.63, 3.8) is 0 Å². The van der Waals surface area contributed by atoms with Crippen molar-refractivity contribution >= 4 is 11.6 Å². The fraction of sp³-hybridized carbons (Fsp3) is 0.636. The maximum absolute atomic E-state index is 5.55. The number of aromatic nitrogens is 2. The molecule has 2 aromatic heterocycles. The van der Waals surface area contributed by atoms with Crippen molar-refractivity contribution in [3.8, 4) is 0 Å². The molecule has 2 N–H and O–H groups in total. The molecule has 1 aliphatic heterocycles. The molecule has 1 saturated heterocycles. The summed E-state index contributed by atoms with van der Waals surface area (Å²) in [5.41, 5.74) is 2.07. The molecule has 0 aromatic carbocycles. The molecule has 0 spiro atoms. The summed E-state index contributed by atoms with van der Waals surface area (Å²) in [6.45, 7) is 10.0. The number of hydrogen-bond acceptors (Lipinski definition) is 4. The van der Waals surface area contributed by atoms with E-state index in [9.17, 15) is 0 Å². The number of imidazole rings is 1. The second-order valence-corrected chi connectivity index (χ2v) is 7.62. The Morgan fingerprint density at radius 3 is 2.69 bits per heavy atom. The molecule has 1 fully saturated rings. The monoisotopic (exact) mass is 400 g/mol. The zero-order valence-electron chi connectivity index (χ0n) is 18.1. The molecule has 1 unspecified atom stereocenters. The predicted octanol–water partition coefficient (Wildman–Crippen LogP) is 2.18. The van der Waals surface area contributed by atoms with Gasteiger partial charge in [0.2, 0.25) is 0 Å². The number of morpholine rings is 1. The van der Waals surface area contributed by atoms with Crippen LogP contribution in [-0.2, 0) is 11.2 Å². The van der Waals surface area contributed by atoms with E-state index in [4.69, 9.17) is 4.74 Å². The van der Waals surface area contributed by atoms with E-state index < -0.39 is 0 Å². The van der Waals surface area contributed by atoms with E-state index >= 15 is 0 Å². The summed E-state index contributed by atoms with van der Waals surface area (Å²) in [6, 6.07) is 6.57. The minimum absolute atomic E-state index is 0.505. The molecule has 160 valence electrons. The van der Waals surface area contributed by atoms with Crippen LogP contribution in [0.25, 0.3) is 5.65 Å². The maximum atomic E-state index is 5.55. The Labute approximate surface area is 174 Å². The average molecular weight is 401 g/mol. The summed E-state index contributed by atoms with van der Waals surface area (Å²) < 4.78 is 7.62. The Balaban J connectivity index is 1.50. The Morgan fingerprint density at radius 1 is 1.21 bits per heavy atom. The van der Waals surface area contributed by atoms with Crippen LogP contribution >= 0.6 is 0 Å². The van der Waals surface area contributed by atoms with Crippen LogP contribution in [0.1, 0.15) is 32.4 Å². The number of ether oxygens (including phenoxy) is 1. The van der Waals surface area contributed by atoms with Gasteiger partial charge in [0.15, 0.2) is 5.96 Å². The first-order valence-corrected chi connectivity index (χ1v) is 10.9. The normalized spacial score (nSPS) is 17.0. The van der Waals surface area contributed by atoms with Gasteiger partial charge < -0.3 is 19.8 Å². The van der Waals surface area contributed by atoms with Crippen molar-refractivity contribution in [2.45, 2.75) is 39.2 Å². The molecule has 2 aromatic rings. The molecule has 0 saturated carbocycles. The van der Waals surface area contributed by atoms with E-state index in [1.807, 2.05) is 31.4 Å². The van der Waals surface area contributed by atoms with Gasteiger partial charge in [0.05, 0.1) is 18.9 Å². The summed E-state index contributed by atoms with van der Waals surface area (Å²) in [5, 5.41) is 7.00. The van der Waals surface area contributed by atoms with Crippen molar-refractivity contribution in [1.82, 2.24) is 24.9 Å². The summed E-state index contributed by atoms with van der Waals surface area (Å²) in [7, 11) is 1.83. The molecular formula is C22H36N6O. The number of guanidine groups is 1. The molecule has 3 heterocycles. The van der Waals surface area contributed by atoms with Crippen LogP contribution in [-0.4, -0.2) is 72.7 Å². The highest BCUT2D eigenvalue weighted by molar-refractivity contribution is 5.79. The van der Waals surface area contributed by atoms with E-state index in [1.54, 1.807) is 0 Å². The number of fused-ring (bicyclic) bond motifs is 1. The highest BCUT2D eigenvalue weighted by atomic mass is 16.5. The third-order valence-electron chi connectivity index (χ3n) is 5.90. The second-order valence-electron chi connectivity index (χ2n) is 7.62. The minimum atomic E-state index is 0.505. The van der Waals surface area contributed by atoms with Gasteiger partial charge in [-0.05, 0) is 18.1 Å². The lowest BCUT2D eigenvalue weighted by Gasteiger charge is -2.39. The molecule has 3 rings (SSSR count). The van der Waals surface area contributed by atoms with Crippen molar-refractivity contribution in [1.29, 1.82) is 0 Å². The summed E-state index contributed by atoms with van der Waals surface area (Å²) in [6.07, 6.45) is 7.38. The standard InChI is InChI=1S/C22H36N6O/c1-4-18(5-2)20(27-12-14-29-15-13-27)16-25-22(23-3)24-10-9-19-17-28-11-7-6-8-21(28)26-19/h6-8,11,17-18,20H,4-5,9-10,12-16H2,1-3H3,(H2,23,24,25). The van der Waals surface area contributed by atoms with Gasteiger partial charge in [-0.25, -0.2) is 4.98 Å². The van der Waals surface area contributed by atoms with E-state index in [-0.39, 0.29) is 0 Å². The van der Waals surface area contributed by atoms with Gasteiger partial charge in [-0.1, -0.05) is 32.8 Å². The third-order valence-corrected chi connectivity index (χ3v) is 5.90. The van der Waals surface area contributed by atoms with Crippen LogP contribution in [0.5, 0.6) is 0 Å². The minimum Gasteiger partial charge on any atom is -0.379 e. The van der Waals surface area contributed by atoms with Crippen molar-refractivity contribution < 1.29 is 4.74 Å². The highest BCUT2D eigenvalue weighted by Crippen LogP contribution is 2.19. The summed E-state index contributed by atoms with van der Waals surface area (Å²) in [4.78, 5) is 11.7. The second kappa shape index (κ2) is 11.2. The quantitative estimate of drug-likeness (QED) is 0.499. The van der Waals surface area contributed by atoms with Crippen LogP contribution in [0.3, 0.4) is 0 Å². The van der Waals surface area contributed by atoms with Gasteiger partial charge in [0.25, 0.3) is 0 Å². The number of aliphatic imine (C=N–C) groups is 1. The van der Waals surface area contributed by atoms with Crippen LogP contribution < -0.4 is 10.6 Å². The lowest BCUT2D eigenvalue weighted by Crippen LogP contribution is -2.53. The number of nitrogens with zero attached hydrogens (tertiary/aromatic N) is 4. The lowest BCUT2D eigenvalue weighted by molar-refractivity contribution is 0.00272. The molecule has 0 radical (unpaired) electrons. The van der Waals surface area contributed by atoms with Crippen LogP contribution in [0.15, 0.2) is 35.6 Å². The number of rotatable bonds is 9. The van der Waals surface area contributed by atoms with Gasteiger partial charge in [-0.2, -0.15) is 0 Å². The van der Waals surface area contributed by atoms with Gasteiger partial charge in [-0.3, -0.25) is 9.89 Å². The summed E-state index contributed by atoms with van der Waals surface area (Å²) in [5.74, 6) is 1.54. The molecule has 0 aliphatic carbocycles. The largest absolute Gasteiger partial charge is 0.379 e. The first kappa shape index (κ1) is 21.6. The number of hydrogen-bond donors (Lipinski definition) is 2. The van der Waals surface area contributed by atoms with Crippen LogP contribution in [0.2, 0.25) is 0 Å². The van der Waals surface area contributed by atoms with Gasteiger partial charge >= 0.3 is 0 Å². The Kier molecular flexibility index (Phi) is 8.31. The first-order valence-electron chi connectivity index (χ1n) is 10.9. The number of nitrogens with one attached hydrogen (secondary N) is 2. The molecular weight excluding hydrogens is 364 g/mol. The smallest absolute Gasteiger partial charge is 0.191 e. The van der Waals surface area contributed by atoms with E-state index in [2.05, 4.69) is 50.0 Å². The fourth-order valence-corrected chi connectivity index (χ4v) is 4.17. The Morgan fingerprint density at radius 2 is 2.00 bits per heavy atom. The molecule has 0 bridgehead atoms. The topological polar surface area (TPSA) is 66.2 Å². The van der Waals surface area contributed by atoms with Crippen LogP contribution in [0.4, 0.5) is 0 Å². The van der Waals surface area contributed by atoms with Crippen LogP contribution in [0, 0.1) is 5.92 Å². The van der Waals surface area contributed by atoms with Crippen molar-refractivity contribution in [3.05, 3.63) is 36.3 Å². The molecule has 1 aliphatic rings. The van der Waals surface area contributed by atoms with Gasteiger partial charge in [0, 0.05) is 58.1 Å². The van der Waals surface area contributed by atoms with Gasteiger partial charge in [-0.15, -0.1) is 0 Å². The SMILES string of the molecule is CCC(CC)C(CNC(=NC)NCCc1cn2ccccc2n1)N1CCOCC1. The van der Waals surface area contributed by atoms with E-state index in [0.29, 0.717) is 12.0 Å². The maximum Gasteiger partial charge on any atom is 0.191 e. The van der Waals surface area contributed by atoms with E-state index in [1.165, 1.54) is 12.8 Å². The number of pyridine rings is 1. The zero-order valence-corrected chi connectivity index (χ0v) is 18.1. The highest BCUT2D eigenvalue weighted by Gasteiger charge is 2.26. The Hall–Kier alpha value is -2.12. The lowest BCUT2D eigenvalue weighted by atomic mass is 9.92. The zero-order chi connectivity index (χ0) is 20.5. The molecule has 29 heavy (non-hydrogen) atoms. The molecule has 0 amide bonds. The van der Waals surface area contributed by atoms with Crippen molar-refractivity contribution in [2.75, 3.05) is 46.4 Å². The molecule has 7 heteroatoms. The van der Waals surface area contributed by atoms with Gasteiger partial charge in [0.1, 0.15) is 5.65 Å². The summed E-state index contributed by atoms with van der Waals surface area (Å²) >= 11 is 0. The molecule has 1 atom stereocenters. The first-order chi connectivity index (χ1) is 14.2. The van der Waals surface area contributed by atoms with Crippen molar-refractivity contribution in [2.24, 2.45) is 10.9 Å². The Bertz CT molecular complexity index is 731. The molecule has 7 nitrogen and oxygen atoms in total.